The molecular weight excluding hydrogens is 949 g/mol. The molecule has 0 bridgehead atoms. The van der Waals surface area contributed by atoms with E-state index in [1.165, 1.54) is 38.6 Å². The van der Waals surface area contributed by atoms with E-state index in [2.05, 4.69) is 223 Å². The van der Waals surface area contributed by atoms with Crippen molar-refractivity contribution in [2.24, 2.45) is 0 Å². The van der Waals surface area contributed by atoms with Crippen molar-refractivity contribution in [3.05, 3.63) is 271 Å². The lowest BCUT2D eigenvalue weighted by Crippen LogP contribution is -2.04. The van der Waals surface area contributed by atoms with Crippen molar-refractivity contribution in [3.63, 3.8) is 0 Å². The maximum atomic E-state index is 9.79. The van der Waals surface area contributed by atoms with Crippen molar-refractivity contribution < 1.29 is 0 Å². The first kappa shape index (κ1) is 46.1. The molecular formula is C72H48N6. The van der Waals surface area contributed by atoms with Crippen molar-refractivity contribution in [1.82, 2.24) is 24.1 Å². The van der Waals surface area contributed by atoms with Crippen LogP contribution in [0.15, 0.2) is 255 Å². The lowest BCUT2D eigenvalue weighted by molar-refractivity contribution is 1.06. The second-order valence-corrected chi connectivity index (χ2v) is 20.1. The summed E-state index contributed by atoms with van der Waals surface area (Å²) in [5.41, 5.74) is 20.7. The van der Waals surface area contributed by atoms with E-state index in [-0.39, 0.29) is 0 Å². The molecule has 0 aliphatic carbocycles. The minimum Gasteiger partial charge on any atom is -0.309 e. The molecule has 0 spiro atoms. The first-order chi connectivity index (χ1) is 38.4. The van der Waals surface area contributed by atoms with Crippen LogP contribution < -0.4 is 0 Å². The van der Waals surface area contributed by atoms with Crippen LogP contribution in [-0.2, 0) is 0 Å². The van der Waals surface area contributed by atoms with E-state index in [1.54, 1.807) is 0 Å². The molecule has 0 saturated heterocycles. The van der Waals surface area contributed by atoms with Gasteiger partial charge in [-0.1, -0.05) is 193 Å². The lowest BCUT2D eigenvalue weighted by atomic mass is 9.94. The van der Waals surface area contributed by atoms with E-state index in [4.69, 9.17) is 15.0 Å². The van der Waals surface area contributed by atoms with Crippen LogP contribution in [0.3, 0.4) is 0 Å². The van der Waals surface area contributed by atoms with Gasteiger partial charge in [0.2, 0.25) is 0 Å². The van der Waals surface area contributed by atoms with Gasteiger partial charge in [0.25, 0.3) is 0 Å². The van der Waals surface area contributed by atoms with Crippen LogP contribution in [0.1, 0.15) is 16.7 Å². The Bertz CT molecular complexity index is 4640. The number of nitrogens with zero attached hydrogens (tertiary/aromatic N) is 6. The summed E-state index contributed by atoms with van der Waals surface area (Å²) in [4.78, 5) is 16.0. The zero-order chi connectivity index (χ0) is 52.3. The zero-order valence-corrected chi connectivity index (χ0v) is 42.9. The van der Waals surface area contributed by atoms with Crippen molar-refractivity contribution in [2.75, 3.05) is 0 Å². The Hall–Kier alpha value is -10.5. The molecule has 0 aliphatic heterocycles. The van der Waals surface area contributed by atoms with Crippen LogP contribution in [0.4, 0.5) is 0 Å². The van der Waals surface area contributed by atoms with Crippen LogP contribution in [0.5, 0.6) is 0 Å². The van der Waals surface area contributed by atoms with Crippen molar-refractivity contribution >= 4 is 43.6 Å². The highest BCUT2D eigenvalue weighted by Gasteiger charge is 2.23. The molecule has 78 heavy (non-hydrogen) atoms. The summed E-state index contributed by atoms with van der Waals surface area (Å²) in [6, 6.07) is 92.5. The average molecular weight is 997 g/mol. The van der Waals surface area contributed by atoms with Gasteiger partial charge in [0, 0.05) is 43.8 Å². The van der Waals surface area contributed by atoms with Crippen LogP contribution >= 0.6 is 0 Å². The second-order valence-electron chi connectivity index (χ2n) is 20.1. The van der Waals surface area contributed by atoms with Gasteiger partial charge < -0.3 is 9.13 Å². The fourth-order valence-corrected chi connectivity index (χ4v) is 11.4. The molecule has 0 amide bonds. The summed E-state index contributed by atoms with van der Waals surface area (Å²) >= 11 is 0. The molecule has 0 radical (unpaired) electrons. The Kier molecular flexibility index (Phi) is 11.2. The van der Waals surface area contributed by atoms with Gasteiger partial charge in [-0.25, -0.2) is 15.0 Å². The van der Waals surface area contributed by atoms with Gasteiger partial charge in [-0.05, 0) is 126 Å². The highest BCUT2D eigenvalue weighted by atomic mass is 15.1. The van der Waals surface area contributed by atoms with Gasteiger partial charge >= 0.3 is 0 Å². The first-order valence-electron chi connectivity index (χ1n) is 26.3. The molecule has 3 heterocycles. The van der Waals surface area contributed by atoms with E-state index < -0.39 is 0 Å². The Labute approximate surface area is 452 Å². The number of fused-ring (bicyclic) bond motifs is 6. The fraction of sp³-hybridized carbons (Fsp3) is 0.0278. The maximum absolute atomic E-state index is 9.79. The van der Waals surface area contributed by atoms with E-state index in [1.807, 2.05) is 60.7 Å². The summed E-state index contributed by atoms with van der Waals surface area (Å²) in [6.45, 7) is 4.29. The van der Waals surface area contributed by atoms with Crippen LogP contribution in [-0.4, -0.2) is 24.1 Å². The molecule has 0 unspecified atom stereocenters. The molecule has 366 valence electrons. The molecule has 0 fully saturated rings. The third-order valence-corrected chi connectivity index (χ3v) is 15.1. The summed E-state index contributed by atoms with van der Waals surface area (Å²) < 4.78 is 4.80. The number of benzene rings is 11. The van der Waals surface area contributed by atoms with Crippen LogP contribution in [0.2, 0.25) is 0 Å². The normalized spacial score (nSPS) is 11.4. The summed E-state index contributed by atoms with van der Waals surface area (Å²) in [6.07, 6.45) is 0. The Balaban J connectivity index is 1.06. The predicted octanol–water partition coefficient (Wildman–Crippen LogP) is 18.2. The minimum atomic E-state index is 0.548. The molecule has 6 nitrogen and oxygen atoms in total. The topological polar surface area (TPSA) is 72.3 Å². The van der Waals surface area contributed by atoms with Crippen molar-refractivity contribution in [1.29, 1.82) is 5.26 Å². The van der Waals surface area contributed by atoms with Gasteiger partial charge in [-0.15, -0.1) is 0 Å². The summed E-state index contributed by atoms with van der Waals surface area (Å²) in [5.74, 6) is 1.71. The molecule has 3 aromatic heterocycles. The maximum Gasteiger partial charge on any atom is 0.166 e. The second kappa shape index (κ2) is 19.0. The Morgan fingerprint density at radius 1 is 0.295 bits per heavy atom. The SMILES string of the molecule is Cc1cccc(-c2ccc3c(c2)c2ccccc2n3-c2ccc(-c3ccc(C#N)cc3)cc2-c2ccc(-n3c4ccccc4c4cc(-c5cccc(C)c5)ccc43)c(-c3nc(-c4ccccc4)nc(-c4ccccc4)n3)c2)c1. The van der Waals surface area contributed by atoms with Crippen LogP contribution in [0, 0.1) is 25.2 Å². The number of hydrogen-bond acceptors (Lipinski definition) is 4. The largest absolute Gasteiger partial charge is 0.309 e. The zero-order valence-electron chi connectivity index (χ0n) is 42.9. The van der Waals surface area contributed by atoms with E-state index in [0.29, 0.717) is 23.0 Å². The molecule has 14 aromatic rings. The number of hydrogen-bond donors (Lipinski definition) is 0. The predicted molar refractivity (Wildman–Crippen MR) is 321 cm³/mol. The Morgan fingerprint density at radius 2 is 0.692 bits per heavy atom. The summed E-state index contributed by atoms with van der Waals surface area (Å²) in [5, 5.41) is 14.4. The van der Waals surface area contributed by atoms with Gasteiger partial charge in [0.1, 0.15) is 0 Å². The molecule has 0 N–H and O–H groups in total. The van der Waals surface area contributed by atoms with Gasteiger partial charge in [0.15, 0.2) is 17.5 Å². The molecule has 6 heteroatoms. The third kappa shape index (κ3) is 8.10. The van der Waals surface area contributed by atoms with Crippen molar-refractivity contribution in [2.45, 2.75) is 13.8 Å². The highest BCUT2D eigenvalue weighted by molar-refractivity contribution is 6.12. The van der Waals surface area contributed by atoms with Gasteiger partial charge in [-0.2, -0.15) is 5.26 Å². The third-order valence-electron chi connectivity index (χ3n) is 15.1. The summed E-state index contributed by atoms with van der Waals surface area (Å²) in [7, 11) is 0. The number of rotatable bonds is 9. The van der Waals surface area contributed by atoms with Gasteiger partial charge in [-0.3, -0.25) is 0 Å². The molecule has 14 rings (SSSR count). The number of aromatic nitrogens is 5. The quantitative estimate of drug-likeness (QED) is 0.144. The van der Waals surface area contributed by atoms with Gasteiger partial charge in [0.05, 0.1) is 45.1 Å². The minimum absolute atomic E-state index is 0.548. The average Bonchev–Trinajstić information content (AvgIpc) is 4.16. The van der Waals surface area contributed by atoms with Crippen molar-refractivity contribution in [3.8, 4) is 96.1 Å². The first-order valence-corrected chi connectivity index (χ1v) is 26.3. The smallest absolute Gasteiger partial charge is 0.166 e. The molecule has 0 saturated carbocycles. The fourth-order valence-electron chi connectivity index (χ4n) is 11.4. The van der Waals surface area contributed by atoms with E-state index >= 15 is 0 Å². The Morgan fingerprint density at radius 3 is 1.22 bits per heavy atom. The van der Waals surface area contributed by atoms with Crippen LogP contribution in [0.25, 0.3) is 134 Å². The number of para-hydroxylation sites is 2. The number of nitriles is 1. The molecule has 0 atom stereocenters. The molecule has 0 aliphatic rings. The molecule has 11 aromatic carbocycles. The number of aryl methyl sites for hydroxylation is 2. The lowest BCUT2D eigenvalue weighted by Gasteiger charge is -2.19. The van der Waals surface area contributed by atoms with E-state index in [0.717, 1.165) is 88.7 Å². The standard InChI is InChI=1S/C72H48N6/c1-46-15-13-21-52(39-46)55-32-36-67-61(42-55)58-23-9-11-25-64(58)77(67)66-35-31-54(49-29-27-48(45-73)28-30-49)41-60(66)57-34-38-69(63(44-57)72-75-70(50-17-5-3-6-18-50)74-71(76-72)51-19-7-4-8-20-51)78-65-26-12-10-24-59(65)62-43-56(33-37-68(62)78)53-22-14-16-47(2)40-53/h3-44H,1-2H3. The highest BCUT2D eigenvalue weighted by Crippen LogP contribution is 2.44. The van der Waals surface area contributed by atoms with E-state index in [9.17, 15) is 5.26 Å². The monoisotopic (exact) mass is 996 g/mol.